The van der Waals surface area contributed by atoms with Crippen molar-refractivity contribution >= 4 is 5.91 Å². The van der Waals surface area contributed by atoms with E-state index in [1.807, 2.05) is 0 Å². The van der Waals surface area contributed by atoms with Gasteiger partial charge in [0.15, 0.2) is 0 Å². The fraction of sp³-hybridized carbons (Fsp3) is 0.571. The zero-order chi connectivity index (χ0) is 13.7. The zero-order valence-corrected chi connectivity index (χ0v) is 11.3. The Morgan fingerprint density at radius 1 is 1.42 bits per heavy atom. The van der Waals surface area contributed by atoms with Gasteiger partial charge < -0.3 is 15.0 Å². The largest absolute Gasteiger partial charge is 0.385 e. The van der Waals surface area contributed by atoms with Crippen molar-refractivity contribution in [3.63, 3.8) is 0 Å². The van der Waals surface area contributed by atoms with Crippen LogP contribution in [0.15, 0.2) is 10.9 Å². The molecule has 0 fully saturated rings. The van der Waals surface area contributed by atoms with E-state index in [1.54, 1.807) is 13.2 Å². The number of amides is 1. The van der Waals surface area contributed by atoms with Gasteiger partial charge in [0.1, 0.15) is 5.56 Å². The second kappa shape index (κ2) is 6.52. The number of nitrogens with one attached hydrogen (secondary N) is 2. The Morgan fingerprint density at radius 2 is 2.21 bits per heavy atom. The van der Waals surface area contributed by atoms with Crippen molar-refractivity contribution in [1.82, 2.24) is 10.3 Å². The molecule has 0 saturated heterocycles. The van der Waals surface area contributed by atoms with Crippen LogP contribution in [0.2, 0.25) is 0 Å². The number of pyridine rings is 1. The summed E-state index contributed by atoms with van der Waals surface area (Å²) < 4.78 is 4.91. The van der Waals surface area contributed by atoms with Crippen LogP contribution in [0.4, 0.5) is 0 Å². The van der Waals surface area contributed by atoms with Gasteiger partial charge >= 0.3 is 0 Å². The molecule has 0 radical (unpaired) electrons. The number of aromatic amines is 1. The van der Waals surface area contributed by atoms with E-state index in [9.17, 15) is 9.59 Å². The molecule has 0 bridgehead atoms. The first-order valence-corrected chi connectivity index (χ1v) is 6.74. The summed E-state index contributed by atoms with van der Waals surface area (Å²) in [7, 11) is 1.62. The lowest BCUT2D eigenvalue weighted by Gasteiger charge is -2.15. The van der Waals surface area contributed by atoms with Gasteiger partial charge in [-0.15, -0.1) is 0 Å². The Balaban J connectivity index is 2.07. The zero-order valence-electron chi connectivity index (χ0n) is 11.3. The summed E-state index contributed by atoms with van der Waals surface area (Å²) >= 11 is 0. The van der Waals surface area contributed by atoms with E-state index in [2.05, 4.69) is 10.3 Å². The maximum Gasteiger partial charge on any atom is 0.261 e. The first-order chi connectivity index (χ1) is 9.22. The highest BCUT2D eigenvalue weighted by atomic mass is 16.5. The SMILES string of the molecule is COCCCNC(=O)c1cc2c([nH]c1=O)CCCC2. The highest BCUT2D eigenvalue weighted by molar-refractivity contribution is 5.94. The van der Waals surface area contributed by atoms with Gasteiger partial charge in [-0.05, 0) is 43.7 Å². The number of hydrogen-bond acceptors (Lipinski definition) is 3. The van der Waals surface area contributed by atoms with Crippen LogP contribution in [-0.4, -0.2) is 31.2 Å². The molecule has 19 heavy (non-hydrogen) atoms. The molecule has 0 unspecified atom stereocenters. The Morgan fingerprint density at radius 3 is 3.00 bits per heavy atom. The minimum Gasteiger partial charge on any atom is -0.385 e. The van der Waals surface area contributed by atoms with Crippen LogP contribution in [0, 0.1) is 0 Å². The summed E-state index contributed by atoms with van der Waals surface area (Å²) in [6, 6.07) is 1.75. The summed E-state index contributed by atoms with van der Waals surface area (Å²) in [6.07, 6.45) is 4.81. The fourth-order valence-corrected chi connectivity index (χ4v) is 2.36. The van der Waals surface area contributed by atoms with E-state index >= 15 is 0 Å². The van der Waals surface area contributed by atoms with E-state index in [1.165, 1.54) is 0 Å². The highest BCUT2D eigenvalue weighted by Gasteiger charge is 2.16. The molecule has 0 spiro atoms. The third-order valence-corrected chi connectivity index (χ3v) is 3.39. The molecule has 1 aliphatic rings. The average Bonchev–Trinajstić information content (AvgIpc) is 2.42. The van der Waals surface area contributed by atoms with Gasteiger partial charge in [0.05, 0.1) is 0 Å². The molecule has 2 rings (SSSR count). The summed E-state index contributed by atoms with van der Waals surface area (Å²) in [5, 5.41) is 2.74. The van der Waals surface area contributed by atoms with Crippen LogP contribution in [0.1, 0.15) is 40.9 Å². The Bertz CT molecular complexity index is 508. The summed E-state index contributed by atoms with van der Waals surface area (Å²) in [6.45, 7) is 1.12. The maximum atomic E-state index is 11.9. The van der Waals surface area contributed by atoms with E-state index in [0.29, 0.717) is 13.2 Å². The Kier molecular flexibility index (Phi) is 4.74. The third kappa shape index (κ3) is 3.44. The van der Waals surface area contributed by atoms with Gasteiger partial charge in [0.2, 0.25) is 0 Å². The minimum absolute atomic E-state index is 0.220. The fourth-order valence-electron chi connectivity index (χ4n) is 2.36. The molecule has 0 saturated carbocycles. The van der Waals surface area contributed by atoms with E-state index in [4.69, 9.17) is 4.74 Å². The molecule has 5 nitrogen and oxygen atoms in total. The molecule has 1 aromatic heterocycles. The quantitative estimate of drug-likeness (QED) is 0.780. The number of rotatable bonds is 5. The minimum atomic E-state index is -0.300. The summed E-state index contributed by atoms with van der Waals surface area (Å²) in [5.74, 6) is -0.300. The molecule has 2 N–H and O–H groups in total. The van der Waals surface area contributed by atoms with Gasteiger partial charge in [-0.25, -0.2) is 0 Å². The molecule has 1 amide bonds. The van der Waals surface area contributed by atoms with Crippen LogP contribution in [0.5, 0.6) is 0 Å². The van der Waals surface area contributed by atoms with Crippen LogP contribution < -0.4 is 10.9 Å². The van der Waals surface area contributed by atoms with E-state index in [0.717, 1.165) is 43.4 Å². The number of carbonyl (C=O) groups is 1. The van der Waals surface area contributed by atoms with E-state index in [-0.39, 0.29) is 17.0 Å². The molecule has 104 valence electrons. The normalized spacial score (nSPS) is 13.9. The predicted molar refractivity (Wildman–Crippen MR) is 72.5 cm³/mol. The number of fused-ring (bicyclic) bond motifs is 1. The van der Waals surface area contributed by atoms with Crippen molar-refractivity contribution in [1.29, 1.82) is 0 Å². The standard InChI is InChI=1S/C14H20N2O3/c1-19-8-4-7-15-13(17)11-9-10-5-2-3-6-12(10)16-14(11)18/h9H,2-8H2,1H3,(H,15,17)(H,16,18). The topological polar surface area (TPSA) is 71.2 Å². The number of hydrogen-bond donors (Lipinski definition) is 2. The molecule has 0 aromatic carbocycles. The molecular formula is C14H20N2O3. The van der Waals surface area contributed by atoms with Crippen LogP contribution in [0.25, 0.3) is 0 Å². The van der Waals surface area contributed by atoms with Crippen LogP contribution >= 0.6 is 0 Å². The maximum absolute atomic E-state index is 11.9. The first kappa shape index (κ1) is 13.8. The number of ether oxygens (including phenoxy) is 1. The van der Waals surface area contributed by atoms with Gasteiger partial charge in [0, 0.05) is 26.0 Å². The van der Waals surface area contributed by atoms with E-state index < -0.39 is 0 Å². The highest BCUT2D eigenvalue weighted by Crippen LogP contribution is 2.18. The Labute approximate surface area is 112 Å². The van der Waals surface area contributed by atoms with Crippen molar-refractivity contribution in [2.45, 2.75) is 32.1 Å². The number of aromatic nitrogens is 1. The molecular weight excluding hydrogens is 244 g/mol. The van der Waals surface area contributed by atoms with Crippen LogP contribution in [0.3, 0.4) is 0 Å². The van der Waals surface area contributed by atoms with Crippen molar-refractivity contribution in [2.75, 3.05) is 20.3 Å². The molecule has 5 heteroatoms. The molecule has 1 aromatic rings. The molecule has 0 atom stereocenters. The molecule has 1 heterocycles. The van der Waals surface area contributed by atoms with Crippen LogP contribution in [-0.2, 0) is 17.6 Å². The van der Waals surface area contributed by atoms with Gasteiger partial charge in [0.25, 0.3) is 11.5 Å². The predicted octanol–water partition coefficient (Wildman–Crippen LogP) is 1.02. The summed E-state index contributed by atoms with van der Waals surface area (Å²) in [4.78, 5) is 26.7. The third-order valence-electron chi connectivity index (χ3n) is 3.39. The molecule has 1 aliphatic carbocycles. The van der Waals surface area contributed by atoms with Crippen molar-refractivity contribution < 1.29 is 9.53 Å². The average molecular weight is 264 g/mol. The van der Waals surface area contributed by atoms with Gasteiger partial charge in [-0.2, -0.15) is 0 Å². The lowest BCUT2D eigenvalue weighted by Crippen LogP contribution is -2.32. The number of methoxy groups -OCH3 is 1. The molecule has 0 aliphatic heterocycles. The first-order valence-electron chi connectivity index (χ1n) is 6.74. The number of aryl methyl sites for hydroxylation is 2. The van der Waals surface area contributed by atoms with Crippen molar-refractivity contribution in [3.05, 3.63) is 33.2 Å². The number of carbonyl (C=O) groups excluding carboxylic acids is 1. The van der Waals surface area contributed by atoms with Gasteiger partial charge in [-0.1, -0.05) is 0 Å². The smallest absolute Gasteiger partial charge is 0.261 e. The van der Waals surface area contributed by atoms with Crippen molar-refractivity contribution in [2.24, 2.45) is 0 Å². The second-order valence-electron chi connectivity index (χ2n) is 4.83. The van der Waals surface area contributed by atoms with Gasteiger partial charge in [-0.3, -0.25) is 9.59 Å². The lowest BCUT2D eigenvalue weighted by atomic mass is 9.95. The lowest BCUT2D eigenvalue weighted by molar-refractivity contribution is 0.0947. The Hall–Kier alpha value is -1.62. The van der Waals surface area contributed by atoms with Crippen molar-refractivity contribution in [3.8, 4) is 0 Å². The number of H-pyrrole nitrogens is 1. The summed E-state index contributed by atoms with van der Waals surface area (Å²) in [5.41, 5.74) is 2.03. The monoisotopic (exact) mass is 264 g/mol. The second-order valence-corrected chi connectivity index (χ2v) is 4.83.